The largest absolute Gasteiger partial charge is 0.467 e. The van der Waals surface area contributed by atoms with Gasteiger partial charge in [-0.25, -0.2) is 4.79 Å². The van der Waals surface area contributed by atoms with E-state index in [0.717, 1.165) is 16.6 Å². The fourth-order valence-electron chi connectivity index (χ4n) is 2.72. The van der Waals surface area contributed by atoms with Crippen LogP contribution in [0.1, 0.15) is 37.7 Å². The summed E-state index contributed by atoms with van der Waals surface area (Å²) in [7, 11) is 1.40. The molecule has 0 amide bonds. The van der Waals surface area contributed by atoms with Gasteiger partial charge in [-0.15, -0.1) is 0 Å². The first kappa shape index (κ1) is 15.4. The zero-order valence-corrected chi connectivity index (χ0v) is 12.8. The second kappa shape index (κ2) is 7.14. The van der Waals surface area contributed by atoms with Crippen LogP contribution in [0.3, 0.4) is 0 Å². The molecule has 1 atom stereocenters. The highest BCUT2D eigenvalue weighted by Gasteiger charge is 2.37. The Bertz CT molecular complexity index is 431. The van der Waals surface area contributed by atoms with Gasteiger partial charge in [-0.2, -0.15) is 11.8 Å². The van der Waals surface area contributed by atoms with Gasteiger partial charge in [0.05, 0.1) is 7.11 Å². The number of carbonyl (C=O) groups excluding carboxylic acids is 1. The van der Waals surface area contributed by atoms with E-state index in [0.29, 0.717) is 6.42 Å². The van der Waals surface area contributed by atoms with Gasteiger partial charge >= 0.3 is 5.97 Å². The van der Waals surface area contributed by atoms with Crippen LogP contribution in [-0.4, -0.2) is 24.1 Å². The molecule has 1 fully saturated rings. The molecule has 110 valence electrons. The number of esters is 1. The van der Waals surface area contributed by atoms with Crippen LogP contribution in [0.4, 0.5) is 0 Å². The molecule has 1 aliphatic carbocycles. The first-order valence-electron chi connectivity index (χ1n) is 7.21. The zero-order valence-electron chi connectivity index (χ0n) is 12.0. The second-order valence-corrected chi connectivity index (χ2v) is 6.76. The molecule has 0 spiro atoms. The Morgan fingerprint density at radius 1 is 1.35 bits per heavy atom. The van der Waals surface area contributed by atoms with Crippen molar-refractivity contribution < 1.29 is 9.53 Å². The van der Waals surface area contributed by atoms with Crippen LogP contribution in [0, 0.1) is 0 Å². The molecule has 0 heterocycles. The molecule has 0 radical (unpaired) electrons. The fourth-order valence-corrected chi connectivity index (χ4v) is 4.16. The molecular weight excluding hydrogens is 270 g/mol. The van der Waals surface area contributed by atoms with Crippen LogP contribution < -0.4 is 5.73 Å². The maximum atomic E-state index is 12.1. The number of ether oxygens (including phenoxy) is 1. The third-order valence-electron chi connectivity index (χ3n) is 3.99. The molecule has 1 saturated carbocycles. The van der Waals surface area contributed by atoms with Crippen molar-refractivity contribution in [3.63, 3.8) is 0 Å². The Hall–Kier alpha value is -1.00. The van der Waals surface area contributed by atoms with E-state index in [9.17, 15) is 4.79 Å². The van der Waals surface area contributed by atoms with E-state index in [2.05, 4.69) is 0 Å². The third kappa shape index (κ3) is 3.55. The zero-order chi connectivity index (χ0) is 14.4. The average molecular weight is 293 g/mol. The van der Waals surface area contributed by atoms with Crippen molar-refractivity contribution in [3.05, 3.63) is 35.9 Å². The number of hydrogen-bond donors (Lipinski definition) is 1. The Morgan fingerprint density at radius 3 is 2.60 bits per heavy atom. The van der Waals surface area contributed by atoms with Gasteiger partial charge in [-0.1, -0.05) is 43.2 Å². The van der Waals surface area contributed by atoms with Gasteiger partial charge in [0.1, 0.15) is 5.54 Å². The van der Waals surface area contributed by atoms with Crippen LogP contribution in [0.15, 0.2) is 30.3 Å². The second-order valence-electron chi connectivity index (χ2n) is 5.36. The Morgan fingerprint density at radius 2 is 2.00 bits per heavy atom. The summed E-state index contributed by atoms with van der Waals surface area (Å²) in [5.41, 5.74) is 6.18. The van der Waals surface area contributed by atoms with E-state index < -0.39 is 5.54 Å². The lowest BCUT2D eigenvalue weighted by molar-refractivity contribution is -0.147. The normalized spacial score (nSPS) is 18.7. The highest BCUT2D eigenvalue weighted by atomic mass is 32.2. The molecule has 1 aliphatic rings. The molecular formula is C16H23NO2S. The predicted molar refractivity (Wildman–Crippen MR) is 83.7 cm³/mol. The van der Waals surface area contributed by atoms with Gasteiger partial charge in [0, 0.05) is 5.25 Å². The summed E-state index contributed by atoms with van der Waals surface area (Å²) >= 11 is 1.95. The topological polar surface area (TPSA) is 52.3 Å². The van der Waals surface area contributed by atoms with Gasteiger partial charge < -0.3 is 10.5 Å². The van der Waals surface area contributed by atoms with Crippen molar-refractivity contribution in [3.8, 4) is 0 Å². The lowest BCUT2D eigenvalue weighted by Crippen LogP contribution is -2.46. The summed E-state index contributed by atoms with van der Waals surface area (Å²) in [6.07, 6.45) is 5.88. The van der Waals surface area contributed by atoms with Crippen LogP contribution in [0.5, 0.6) is 0 Å². The monoisotopic (exact) mass is 293 g/mol. The lowest BCUT2D eigenvalue weighted by Gasteiger charge is -2.27. The maximum absolute atomic E-state index is 12.1. The number of methoxy groups -OCH3 is 1. The number of thioether (sulfide) groups is 1. The van der Waals surface area contributed by atoms with Crippen molar-refractivity contribution >= 4 is 17.7 Å². The fraction of sp³-hybridized carbons (Fsp3) is 0.562. The highest BCUT2D eigenvalue weighted by molar-refractivity contribution is 7.99. The summed E-state index contributed by atoms with van der Waals surface area (Å²) in [4.78, 5) is 12.1. The summed E-state index contributed by atoms with van der Waals surface area (Å²) in [5.74, 6) is 0.543. The summed E-state index contributed by atoms with van der Waals surface area (Å²) < 4.78 is 4.92. The summed E-state index contributed by atoms with van der Waals surface area (Å²) in [5, 5.41) is 0.743. The lowest BCUT2D eigenvalue weighted by atomic mass is 9.88. The van der Waals surface area contributed by atoms with E-state index in [1.807, 2.05) is 42.1 Å². The van der Waals surface area contributed by atoms with Crippen molar-refractivity contribution in [1.82, 2.24) is 0 Å². The van der Waals surface area contributed by atoms with E-state index in [4.69, 9.17) is 10.5 Å². The standard InChI is InChI=1S/C16H23NO2S/c1-19-15(18)16(17,13-7-3-2-4-8-13)11-12-20-14-9-5-6-10-14/h2-4,7-8,14H,5-6,9-12,17H2,1H3. The molecule has 0 saturated heterocycles. The van der Waals surface area contributed by atoms with E-state index in [1.54, 1.807) is 0 Å². The van der Waals surface area contributed by atoms with Gasteiger partial charge in [0.15, 0.2) is 0 Å². The predicted octanol–water partition coefficient (Wildman–Crippen LogP) is 3.08. The Labute approximate surface area is 125 Å². The summed E-state index contributed by atoms with van der Waals surface area (Å²) in [6, 6.07) is 9.54. The van der Waals surface area contributed by atoms with Crippen molar-refractivity contribution in [2.24, 2.45) is 5.73 Å². The smallest absolute Gasteiger partial charge is 0.330 e. The Kier molecular flexibility index (Phi) is 5.49. The van der Waals surface area contributed by atoms with Crippen LogP contribution in [-0.2, 0) is 15.1 Å². The van der Waals surface area contributed by atoms with E-state index >= 15 is 0 Å². The molecule has 1 aromatic carbocycles. The molecule has 0 aromatic heterocycles. The Balaban J connectivity index is 2.01. The SMILES string of the molecule is COC(=O)C(N)(CCSC1CCCC1)c1ccccc1. The number of benzene rings is 1. The number of hydrogen-bond acceptors (Lipinski definition) is 4. The minimum atomic E-state index is -1.03. The number of carbonyl (C=O) groups is 1. The molecule has 3 nitrogen and oxygen atoms in total. The highest BCUT2D eigenvalue weighted by Crippen LogP contribution is 2.32. The number of rotatable bonds is 6. The molecule has 1 unspecified atom stereocenters. The van der Waals surface area contributed by atoms with E-state index in [1.165, 1.54) is 32.8 Å². The minimum Gasteiger partial charge on any atom is -0.467 e. The first-order valence-corrected chi connectivity index (χ1v) is 8.26. The van der Waals surface area contributed by atoms with Gasteiger partial charge in [-0.05, 0) is 30.6 Å². The molecule has 2 N–H and O–H groups in total. The molecule has 1 aromatic rings. The van der Waals surface area contributed by atoms with Crippen molar-refractivity contribution in [1.29, 1.82) is 0 Å². The third-order valence-corrected chi connectivity index (χ3v) is 5.37. The van der Waals surface area contributed by atoms with Crippen LogP contribution in [0.2, 0.25) is 0 Å². The average Bonchev–Trinajstić information content (AvgIpc) is 3.00. The van der Waals surface area contributed by atoms with Crippen molar-refractivity contribution in [2.75, 3.05) is 12.9 Å². The van der Waals surface area contributed by atoms with Gasteiger partial charge in [-0.3, -0.25) is 0 Å². The molecule has 20 heavy (non-hydrogen) atoms. The molecule has 0 bridgehead atoms. The first-order chi connectivity index (χ1) is 9.66. The quantitative estimate of drug-likeness (QED) is 0.819. The van der Waals surface area contributed by atoms with Crippen LogP contribution >= 0.6 is 11.8 Å². The van der Waals surface area contributed by atoms with Gasteiger partial charge in [0.25, 0.3) is 0 Å². The molecule has 4 heteroatoms. The molecule has 2 rings (SSSR count). The van der Waals surface area contributed by atoms with Crippen molar-refractivity contribution in [2.45, 2.75) is 42.9 Å². The minimum absolute atomic E-state index is 0.351. The van der Waals surface area contributed by atoms with Gasteiger partial charge in [0.2, 0.25) is 0 Å². The van der Waals surface area contributed by atoms with Crippen LogP contribution in [0.25, 0.3) is 0 Å². The number of nitrogens with two attached hydrogens (primary N) is 1. The van der Waals surface area contributed by atoms with E-state index in [-0.39, 0.29) is 5.97 Å². The molecule has 0 aliphatic heterocycles. The summed E-state index contributed by atoms with van der Waals surface area (Å²) in [6.45, 7) is 0. The maximum Gasteiger partial charge on any atom is 0.330 e.